The van der Waals surface area contributed by atoms with Crippen molar-refractivity contribution in [1.82, 2.24) is 0 Å². The second kappa shape index (κ2) is 5.35. The van der Waals surface area contributed by atoms with Gasteiger partial charge in [0.1, 0.15) is 0 Å². The van der Waals surface area contributed by atoms with Crippen LogP contribution in [0.25, 0.3) is 0 Å². The van der Waals surface area contributed by atoms with E-state index in [-0.39, 0.29) is 10.3 Å². The Labute approximate surface area is 90.5 Å². The fraction of sp³-hybridized carbons (Fsp3) is 1.00. The minimum atomic E-state index is -1.52. The molecule has 0 spiro atoms. The van der Waals surface area contributed by atoms with Crippen LogP contribution in [-0.2, 0) is 4.57 Å². The molecule has 0 amide bonds. The van der Waals surface area contributed by atoms with Gasteiger partial charge in [-0.25, -0.2) is 0 Å². The summed E-state index contributed by atoms with van der Waals surface area (Å²) in [5, 5.41) is 0.0795. The van der Waals surface area contributed by atoms with Crippen molar-refractivity contribution in [2.24, 2.45) is 0 Å². The molecule has 0 bridgehead atoms. The summed E-state index contributed by atoms with van der Waals surface area (Å²) in [6.07, 6.45) is 4.42. The molecule has 0 aromatic heterocycles. The molecular weight excluding hydrogens is 191 g/mol. The smallest absolute Gasteiger partial charge is 0.0868 e. The molecule has 0 radical (unpaired) electrons. The molecule has 0 aliphatic carbocycles. The fourth-order valence-corrected chi connectivity index (χ4v) is 5.18. The minimum Gasteiger partial charge on any atom is -0.326 e. The standard InChI is InChI=1S/C12H27OP/c1-7-9-11(3,4)14(13)12(5,6)10-8-2/h14H,7-10H2,1-6H3. The first kappa shape index (κ1) is 14.2. The lowest BCUT2D eigenvalue weighted by Gasteiger charge is -2.34. The topological polar surface area (TPSA) is 17.1 Å². The molecule has 86 valence electrons. The molecule has 0 aliphatic heterocycles. The van der Waals surface area contributed by atoms with E-state index in [4.69, 9.17) is 0 Å². The average Bonchev–Trinajstić information content (AvgIpc) is 2.02. The number of hydrogen-bond acceptors (Lipinski definition) is 1. The quantitative estimate of drug-likeness (QED) is 0.590. The molecule has 0 aliphatic rings. The molecule has 0 saturated carbocycles. The Morgan fingerprint density at radius 3 is 1.36 bits per heavy atom. The predicted octanol–water partition coefficient (Wildman–Crippen LogP) is 4.70. The molecule has 0 aromatic carbocycles. The Morgan fingerprint density at radius 1 is 0.857 bits per heavy atom. The first-order valence-electron chi connectivity index (χ1n) is 5.83. The fourth-order valence-electron chi connectivity index (χ4n) is 2.39. The molecule has 0 aromatic rings. The molecule has 1 nitrogen and oxygen atoms in total. The van der Waals surface area contributed by atoms with Gasteiger partial charge in [0, 0.05) is 10.3 Å². The van der Waals surface area contributed by atoms with E-state index < -0.39 is 7.80 Å². The lowest BCUT2D eigenvalue weighted by Crippen LogP contribution is -2.26. The van der Waals surface area contributed by atoms with E-state index in [2.05, 4.69) is 41.5 Å². The normalized spacial score (nSPS) is 13.6. The first-order valence-corrected chi connectivity index (χ1v) is 7.23. The highest BCUT2D eigenvalue weighted by molar-refractivity contribution is 7.48. The molecule has 2 heteroatoms. The van der Waals surface area contributed by atoms with Gasteiger partial charge < -0.3 is 4.57 Å². The summed E-state index contributed by atoms with van der Waals surface area (Å²) in [6.45, 7) is 13.0. The van der Waals surface area contributed by atoms with Crippen LogP contribution in [0, 0.1) is 0 Å². The maximum Gasteiger partial charge on any atom is 0.0868 e. The van der Waals surface area contributed by atoms with Gasteiger partial charge in [0.2, 0.25) is 0 Å². The first-order chi connectivity index (χ1) is 6.28. The molecule has 0 atom stereocenters. The molecule has 0 rings (SSSR count). The zero-order chi connectivity index (χ0) is 11.4. The summed E-state index contributed by atoms with van der Waals surface area (Å²) >= 11 is 0. The highest BCUT2D eigenvalue weighted by Gasteiger charge is 2.35. The average molecular weight is 218 g/mol. The van der Waals surface area contributed by atoms with E-state index in [0.717, 1.165) is 25.7 Å². The van der Waals surface area contributed by atoms with Crippen molar-refractivity contribution >= 4 is 7.80 Å². The third kappa shape index (κ3) is 3.77. The SMILES string of the molecule is CCCC(C)(C)[PH](=O)C(C)(C)CCC. The van der Waals surface area contributed by atoms with Crippen LogP contribution < -0.4 is 0 Å². The van der Waals surface area contributed by atoms with Crippen LogP contribution >= 0.6 is 7.80 Å². The largest absolute Gasteiger partial charge is 0.326 e. The Bertz CT molecular complexity index is 174. The summed E-state index contributed by atoms with van der Waals surface area (Å²) in [6, 6.07) is 0. The summed E-state index contributed by atoms with van der Waals surface area (Å²) in [7, 11) is -1.52. The van der Waals surface area contributed by atoms with Gasteiger partial charge in [0.15, 0.2) is 0 Å². The summed E-state index contributed by atoms with van der Waals surface area (Å²) < 4.78 is 12.5. The molecule has 0 fully saturated rings. The van der Waals surface area contributed by atoms with Crippen molar-refractivity contribution < 1.29 is 4.57 Å². The van der Waals surface area contributed by atoms with Crippen LogP contribution in [-0.4, -0.2) is 10.3 Å². The summed E-state index contributed by atoms with van der Waals surface area (Å²) in [4.78, 5) is 0. The lowest BCUT2D eigenvalue weighted by atomic mass is 10.1. The maximum atomic E-state index is 12.5. The number of hydrogen-bond donors (Lipinski definition) is 0. The van der Waals surface area contributed by atoms with Crippen LogP contribution in [0.1, 0.15) is 67.2 Å². The third-order valence-electron chi connectivity index (χ3n) is 2.98. The third-order valence-corrected chi connectivity index (χ3v) is 5.94. The zero-order valence-electron chi connectivity index (χ0n) is 10.7. The van der Waals surface area contributed by atoms with Crippen LogP contribution in [0.5, 0.6) is 0 Å². The van der Waals surface area contributed by atoms with Crippen molar-refractivity contribution in [2.75, 3.05) is 0 Å². The molecule has 0 N–H and O–H groups in total. The van der Waals surface area contributed by atoms with E-state index in [1.807, 2.05) is 0 Å². The van der Waals surface area contributed by atoms with Gasteiger partial charge in [-0.05, 0) is 12.8 Å². The van der Waals surface area contributed by atoms with Gasteiger partial charge in [-0.1, -0.05) is 54.4 Å². The van der Waals surface area contributed by atoms with Crippen LogP contribution in [0.15, 0.2) is 0 Å². The van der Waals surface area contributed by atoms with Crippen molar-refractivity contribution in [2.45, 2.75) is 77.5 Å². The Kier molecular flexibility index (Phi) is 5.44. The maximum absolute atomic E-state index is 12.5. The van der Waals surface area contributed by atoms with Gasteiger partial charge in [-0.3, -0.25) is 0 Å². The Balaban J connectivity index is 4.58. The molecular formula is C12H27OP. The van der Waals surface area contributed by atoms with E-state index in [0.29, 0.717) is 0 Å². The van der Waals surface area contributed by atoms with Crippen molar-refractivity contribution in [3.05, 3.63) is 0 Å². The molecule has 0 saturated heterocycles. The van der Waals surface area contributed by atoms with E-state index in [9.17, 15) is 4.57 Å². The van der Waals surface area contributed by atoms with Gasteiger partial charge in [-0.15, -0.1) is 0 Å². The summed E-state index contributed by atoms with van der Waals surface area (Å²) in [5.74, 6) is 0. The summed E-state index contributed by atoms with van der Waals surface area (Å²) in [5.41, 5.74) is 0. The van der Waals surface area contributed by atoms with Crippen molar-refractivity contribution in [3.8, 4) is 0 Å². The molecule has 0 unspecified atom stereocenters. The van der Waals surface area contributed by atoms with E-state index >= 15 is 0 Å². The second-order valence-corrected chi connectivity index (χ2v) is 8.96. The van der Waals surface area contributed by atoms with Crippen LogP contribution in [0.2, 0.25) is 0 Å². The minimum absolute atomic E-state index is 0.0398. The molecule has 0 heterocycles. The predicted molar refractivity (Wildman–Crippen MR) is 67.0 cm³/mol. The number of rotatable bonds is 6. The molecule has 14 heavy (non-hydrogen) atoms. The van der Waals surface area contributed by atoms with Crippen molar-refractivity contribution in [1.29, 1.82) is 0 Å². The van der Waals surface area contributed by atoms with E-state index in [1.165, 1.54) is 0 Å². The zero-order valence-corrected chi connectivity index (χ0v) is 11.7. The van der Waals surface area contributed by atoms with Crippen molar-refractivity contribution in [3.63, 3.8) is 0 Å². The van der Waals surface area contributed by atoms with Gasteiger partial charge in [0.25, 0.3) is 0 Å². The second-order valence-electron chi connectivity index (χ2n) is 5.60. The highest BCUT2D eigenvalue weighted by Crippen LogP contribution is 2.53. The Morgan fingerprint density at radius 2 is 1.14 bits per heavy atom. The monoisotopic (exact) mass is 218 g/mol. The highest BCUT2D eigenvalue weighted by atomic mass is 31.1. The van der Waals surface area contributed by atoms with Gasteiger partial charge in [0.05, 0.1) is 7.80 Å². The van der Waals surface area contributed by atoms with Gasteiger partial charge in [-0.2, -0.15) is 0 Å². The Hall–Kier alpha value is 0.230. The van der Waals surface area contributed by atoms with Gasteiger partial charge >= 0.3 is 0 Å². The van der Waals surface area contributed by atoms with Crippen LogP contribution in [0.4, 0.5) is 0 Å². The van der Waals surface area contributed by atoms with E-state index in [1.54, 1.807) is 0 Å². The lowest BCUT2D eigenvalue weighted by molar-refractivity contribution is 0.489. The van der Waals surface area contributed by atoms with Crippen LogP contribution in [0.3, 0.4) is 0 Å².